The lowest BCUT2D eigenvalue weighted by Gasteiger charge is -2.41. The van der Waals surface area contributed by atoms with Crippen molar-refractivity contribution >= 4 is 11.8 Å². The van der Waals surface area contributed by atoms with Crippen LogP contribution in [0.1, 0.15) is 74.7 Å². The Bertz CT molecular complexity index is 1010. The van der Waals surface area contributed by atoms with Gasteiger partial charge >= 0.3 is 5.97 Å². The van der Waals surface area contributed by atoms with Crippen LogP contribution in [0.2, 0.25) is 0 Å². The number of hydrogen-bond acceptors (Lipinski definition) is 4. The Morgan fingerprint density at radius 3 is 2.54 bits per heavy atom. The van der Waals surface area contributed by atoms with E-state index in [0.29, 0.717) is 24.9 Å². The molecule has 0 amide bonds. The van der Waals surface area contributed by atoms with Crippen LogP contribution in [0.5, 0.6) is 0 Å². The van der Waals surface area contributed by atoms with Gasteiger partial charge in [0.05, 0.1) is 12.0 Å². The van der Waals surface area contributed by atoms with Crippen LogP contribution in [-0.2, 0) is 14.9 Å². The van der Waals surface area contributed by atoms with Crippen LogP contribution in [0.4, 0.5) is 4.39 Å². The molecule has 2 aromatic rings. The summed E-state index contributed by atoms with van der Waals surface area (Å²) < 4.78 is 19.5. The van der Waals surface area contributed by atoms with Crippen LogP contribution in [0.25, 0.3) is 0 Å². The zero-order chi connectivity index (χ0) is 25.3. The summed E-state index contributed by atoms with van der Waals surface area (Å²) in [5.41, 5.74) is 1.83. The minimum atomic E-state index is -0.631. The molecular formula is C30H38FNO3. The van der Waals surface area contributed by atoms with Crippen molar-refractivity contribution in [3.05, 3.63) is 83.7 Å². The van der Waals surface area contributed by atoms with E-state index in [2.05, 4.69) is 25.7 Å². The summed E-state index contributed by atoms with van der Waals surface area (Å²) in [6.07, 6.45) is 5.88. The fourth-order valence-corrected chi connectivity index (χ4v) is 4.97. The van der Waals surface area contributed by atoms with Gasteiger partial charge in [0.25, 0.3) is 0 Å². The van der Waals surface area contributed by atoms with Crippen LogP contribution >= 0.6 is 0 Å². The van der Waals surface area contributed by atoms with Gasteiger partial charge in [-0.1, -0.05) is 87.7 Å². The number of carbonyl (C=O) groups is 2. The molecule has 188 valence electrons. The SMILES string of the molecule is C=C1CC(OC(=O)C(CC)(CCCCC)c2ccccc2)C1CCNCC(=O)c1cccc(F)c1. The van der Waals surface area contributed by atoms with Gasteiger partial charge in [-0.2, -0.15) is 0 Å². The number of carbonyl (C=O) groups excluding carboxylic acids is 2. The molecule has 0 aliphatic heterocycles. The molecule has 1 saturated carbocycles. The van der Waals surface area contributed by atoms with Gasteiger partial charge in [-0.15, -0.1) is 0 Å². The van der Waals surface area contributed by atoms with E-state index in [0.717, 1.165) is 43.2 Å². The van der Waals surface area contributed by atoms with Crippen molar-refractivity contribution in [3.63, 3.8) is 0 Å². The number of ketones is 1. The average Bonchev–Trinajstić information content (AvgIpc) is 2.86. The Kier molecular flexibility index (Phi) is 9.79. The first-order valence-electron chi connectivity index (χ1n) is 12.8. The average molecular weight is 480 g/mol. The number of hydrogen-bond donors (Lipinski definition) is 1. The predicted octanol–water partition coefficient (Wildman–Crippen LogP) is 6.40. The zero-order valence-corrected chi connectivity index (χ0v) is 21.0. The van der Waals surface area contributed by atoms with E-state index in [4.69, 9.17) is 4.74 Å². The molecule has 2 aromatic carbocycles. The van der Waals surface area contributed by atoms with Crippen molar-refractivity contribution in [2.45, 2.75) is 70.3 Å². The van der Waals surface area contributed by atoms with Crippen LogP contribution in [0, 0.1) is 11.7 Å². The first kappa shape index (κ1) is 26.8. The highest BCUT2D eigenvalue weighted by atomic mass is 19.1. The maximum Gasteiger partial charge on any atom is 0.316 e. The van der Waals surface area contributed by atoms with Crippen molar-refractivity contribution in [2.24, 2.45) is 5.92 Å². The fourth-order valence-electron chi connectivity index (χ4n) is 4.97. The number of ether oxygens (including phenoxy) is 1. The van der Waals surface area contributed by atoms with E-state index in [9.17, 15) is 14.0 Å². The zero-order valence-electron chi connectivity index (χ0n) is 21.0. The molecule has 0 spiro atoms. The van der Waals surface area contributed by atoms with Crippen molar-refractivity contribution in [3.8, 4) is 0 Å². The monoisotopic (exact) mass is 479 g/mol. The molecule has 5 heteroatoms. The third-order valence-electron chi connectivity index (χ3n) is 7.29. The highest BCUT2D eigenvalue weighted by molar-refractivity contribution is 5.97. The third-order valence-corrected chi connectivity index (χ3v) is 7.29. The van der Waals surface area contributed by atoms with Gasteiger partial charge in [-0.25, -0.2) is 4.39 Å². The molecule has 1 aliphatic carbocycles. The third kappa shape index (κ3) is 6.66. The minimum absolute atomic E-state index is 0.0803. The first-order chi connectivity index (χ1) is 16.9. The topological polar surface area (TPSA) is 55.4 Å². The highest BCUT2D eigenvalue weighted by Crippen LogP contribution is 2.41. The van der Waals surface area contributed by atoms with Gasteiger partial charge in [-0.05, 0) is 43.5 Å². The standard InChI is InChI=1S/C30H38FNO3/c1-4-6-10-17-30(5-2,24-13-8-7-9-14-24)29(34)35-28-19-22(3)26(28)16-18-32-21-27(33)23-12-11-15-25(31)20-23/h7-9,11-15,20,26,28,32H,3-6,10,16-19,21H2,1-2H3. The van der Waals surface area contributed by atoms with E-state index in [-0.39, 0.29) is 30.3 Å². The molecule has 1 fully saturated rings. The van der Waals surface area contributed by atoms with E-state index < -0.39 is 11.2 Å². The molecule has 3 rings (SSSR count). The quantitative estimate of drug-likeness (QED) is 0.147. The van der Waals surface area contributed by atoms with Gasteiger partial charge in [0.2, 0.25) is 0 Å². The number of benzene rings is 2. The maximum atomic E-state index is 13.6. The Labute approximate surface area is 209 Å². The Hall–Kier alpha value is -2.79. The molecule has 3 atom stereocenters. The number of nitrogens with one attached hydrogen (secondary N) is 1. The van der Waals surface area contributed by atoms with E-state index in [1.807, 2.05) is 30.3 Å². The number of unbranched alkanes of at least 4 members (excludes halogenated alkanes) is 2. The van der Waals surface area contributed by atoms with Crippen molar-refractivity contribution in [1.29, 1.82) is 0 Å². The van der Waals surface area contributed by atoms with Crippen molar-refractivity contribution in [1.82, 2.24) is 5.32 Å². The lowest BCUT2D eigenvalue weighted by atomic mass is 9.72. The second-order valence-corrected chi connectivity index (χ2v) is 9.57. The molecule has 1 aliphatic rings. The van der Waals surface area contributed by atoms with Crippen molar-refractivity contribution in [2.75, 3.05) is 13.1 Å². The second kappa shape index (κ2) is 12.8. The predicted molar refractivity (Wildman–Crippen MR) is 138 cm³/mol. The van der Waals surface area contributed by atoms with Crippen LogP contribution in [0.3, 0.4) is 0 Å². The Balaban J connectivity index is 1.57. The molecule has 0 heterocycles. The maximum absolute atomic E-state index is 13.6. The van der Waals surface area contributed by atoms with Gasteiger partial charge in [0, 0.05) is 17.9 Å². The molecule has 1 N–H and O–H groups in total. The normalized spacial score (nSPS) is 19.0. The summed E-state index contributed by atoms with van der Waals surface area (Å²) in [4.78, 5) is 25.9. The summed E-state index contributed by atoms with van der Waals surface area (Å²) in [6.45, 7) is 9.10. The first-order valence-corrected chi connectivity index (χ1v) is 12.8. The second-order valence-electron chi connectivity index (χ2n) is 9.57. The highest BCUT2D eigenvalue weighted by Gasteiger charge is 2.44. The van der Waals surface area contributed by atoms with Gasteiger partial charge in [0.15, 0.2) is 5.78 Å². The summed E-state index contributed by atoms with van der Waals surface area (Å²) >= 11 is 0. The number of rotatable bonds is 14. The molecule has 0 bridgehead atoms. The molecular weight excluding hydrogens is 441 g/mol. The summed E-state index contributed by atoms with van der Waals surface area (Å²) in [6, 6.07) is 15.7. The Morgan fingerprint density at radius 1 is 1.11 bits per heavy atom. The molecule has 0 radical (unpaired) electrons. The molecule has 0 saturated heterocycles. The molecule has 3 unspecified atom stereocenters. The van der Waals surface area contributed by atoms with Crippen LogP contribution in [-0.4, -0.2) is 30.9 Å². The van der Waals surface area contributed by atoms with E-state index in [1.54, 1.807) is 6.07 Å². The molecule has 0 aromatic heterocycles. The molecule has 35 heavy (non-hydrogen) atoms. The van der Waals surface area contributed by atoms with Gasteiger partial charge in [-0.3, -0.25) is 9.59 Å². The summed E-state index contributed by atoms with van der Waals surface area (Å²) in [7, 11) is 0. The van der Waals surface area contributed by atoms with Crippen LogP contribution < -0.4 is 5.32 Å². The van der Waals surface area contributed by atoms with Gasteiger partial charge < -0.3 is 10.1 Å². The van der Waals surface area contributed by atoms with E-state index >= 15 is 0 Å². The smallest absolute Gasteiger partial charge is 0.316 e. The minimum Gasteiger partial charge on any atom is -0.461 e. The number of esters is 1. The van der Waals surface area contributed by atoms with Crippen LogP contribution in [0.15, 0.2) is 66.7 Å². The Morgan fingerprint density at radius 2 is 1.89 bits per heavy atom. The summed E-state index contributed by atoms with van der Waals surface area (Å²) in [5, 5.41) is 3.14. The van der Waals surface area contributed by atoms with Gasteiger partial charge in [0.1, 0.15) is 11.9 Å². The number of Topliss-reactive ketones (excluding diaryl/α,β-unsaturated/α-hetero) is 1. The number of halogens is 1. The summed E-state index contributed by atoms with van der Waals surface area (Å²) in [5.74, 6) is -0.627. The lowest BCUT2D eigenvalue weighted by Crippen LogP contribution is -2.45. The van der Waals surface area contributed by atoms with Crippen molar-refractivity contribution < 1.29 is 18.7 Å². The van der Waals surface area contributed by atoms with E-state index in [1.165, 1.54) is 18.2 Å². The molecule has 4 nitrogen and oxygen atoms in total. The lowest BCUT2D eigenvalue weighted by molar-refractivity contribution is -0.162. The largest absolute Gasteiger partial charge is 0.461 e. The fraction of sp³-hybridized carbons (Fsp3) is 0.467.